The minimum absolute atomic E-state index is 0.762. The molecular weight excluding hydrogens is 246 g/mol. The molecule has 1 N–H and O–H groups in total. The molecule has 108 valence electrons. The van der Waals surface area contributed by atoms with Crippen molar-refractivity contribution in [1.82, 2.24) is 5.32 Å². The van der Waals surface area contributed by atoms with Gasteiger partial charge in [0.2, 0.25) is 0 Å². The summed E-state index contributed by atoms with van der Waals surface area (Å²) in [6, 6.07) is 10.3. The molecule has 0 saturated heterocycles. The Morgan fingerprint density at radius 3 is 2.10 bits per heavy atom. The van der Waals surface area contributed by atoms with E-state index in [2.05, 4.69) is 29.6 Å². The minimum Gasteiger partial charge on any atom is -0.497 e. The van der Waals surface area contributed by atoms with E-state index in [-0.39, 0.29) is 0 Å². The van der Waals surface area contributed by atoms with E-state index in [0.717, 1.165) is 35.6 Å². The lowest BCUT2D eigenvalue weighted by Crippen LogP contribution is -2.47. The smallest absolute Gasteiger partial charge is 0.118 e. The Kier molecular flexibility index (Phi) is 3.22. The van der Waals surface area contributed by atoms with Gasteiger partial charge in [-0.1, -0.05) is 12.1 Å². The van der Waals surface area contributed by atoms with Gasteiger partial charge in [-0.25, -0.2) is 0 Å². The monoisotopic (exact) mass is 271 g/mol. The molecule has 2 heteroatoms. The number of hydrogen-bond acceptors (Lipinski definition) is 2. The molecule has 0 bridgehead atoms. The van der Waals surface area contributed by atoms with Gasteiger partial charge in [0.1, 0.15) is 5.75 Å². The first-order chi connectivity index (χ1) is 9.83. The van der Waals surface area contributed by atoms with Crippen LogP contribution in [-0.4, -0.2) is 19.2 Å². The van der Waals surface area contributed by atoms with Crippen LogP contribution in [0.15, 0.2) is 24.3 Å². The molecule has 3 aliphatic rings. The minimum atomic E-state index is 0.762. The van der Waals surface area contributed by atoms with Gasteiger partial charge in [0, 0.05) is 12.1 Å². The first kappa shape index (κ1) is 12.7. The Bertz CT molecular complexity index is 443. The van der Waals surface area contributed by atoms with E-state index < -0.39 is 0 Å². The number of hydrogen-bond donors (Lipinski definition) is 1. The quantitative estimate of drug-likeness (QED) is 0.851. The zero-order valence-corrected chi connectivity index (χ0v) is 12.3. The molecule has 3 saturated carbocycles. The molecule has 1 aromatic rings. The summed E-state index contributed by atoms with van der Waals surface area (Å²) in [4.78, 5) is 0. The largest absolute Gasteiger partial charge is 0.497 e. The molecule has 2 nitrogen and oxygen atoms in total. The Morgan fingerprint density at radius 2 is 1.60 bits per heavy atom. The third kappa shape index (κ3) is 2.58. The summed E-state index contributed by atoms with van der Waals surface area (Å²) >= 11 is 0. The number of ether oxygens (including phenoxy) is 1. The summed E-state index contributed by atoms with van der Waals surface area (Å²) in [6.07, 6.45) is 8.54. The van der Waals surface area contributed by atoms with E-state index in [1.165, 1.54) is 44.1 Å². The van der Waals surface area contributed by atoms with Gasteiger partial charge in [-0.2, -0.15) is 0 Å². The van der Waals surface area contributed by atoms with Gasteiger partial charge in [0.05, 0.1) is 7.11 Å². The van der Waals surface area contributed by atoms with Gasteiger partial charge >= 0.3 is 0 Å². The molecule has 0 aromatic heterocycles. The van der Waals surface area contributed by atoms with Crippen LogP contribution >= 0.6 is 0 Å². The molecule has 0 atom stereocenters. The third-order valence-corrected chi connectivity index (χ3v) is 5.41. The number of benzene rings is 1. The van der Waals surface area contributed by atoms with Crippen LogP contribution in [0.4, 0.5) is 0 Å². The number of nitrogens with one attached hydrogen (secondary N) is 1. The summed E-state index contributed by atoms with van der Waals surface area (Å²) in [7, 11) is 1.73. The molecule has 3 aliphatic carbocycles. The lowest BCUT2D eigenvalue weighted by atomic mass is 9.75. The molecule has 0 amide bonds. The average molecular weight is 271 g/mol. The normalized spacial score (nSPS) is 29.3. The Hall–Kier alpha value is -1.02. The summed E-state index contributed by atoms with van der Waals surface area (Å²) in [5, 5.41) is 3.97. The fraction of sp³-hybridized carbons (Fsp3) is 0.667. The zero-order chi connectivity index (χ0) is 13.5. The van der Waals surface area contributed by atoms with Gasteiger partial charge in [0.15, 0.2) is 0 Å². The maximum absolute atomic E-state index is 5.23. The highest BCUT2D eigenvalue weighted by Gasteiger charge is 2.43. The molecule has 0 unspecified atom stereocenters. The van der Waals surface area contributed by atoms with Crippen LogP contribution in [0, 0.1) is 11.8 Å². The molecule has 1 aromatic carbocycles. The molecule has 0 radical (unpaired) electrons. The van der Waals surface area contributed by atoms with Crippen molar-refractivity contribution in [3.63, 3.8) is 0 Å². The molecule has 20 heavy (non-hydrogen) atoms. The van der Waals surface area contributed by atoms with E-state index in [1.807, 2.05) is 0 Å². The van der Waals surface area contributed by atoms with Crippen molar-refractivity contribution in [1.29, 1.82) is 0 Å². The summed E-state index contributed by atoms with van der Waals surface area (Å²) in [6.45, 7) is 0. The lowest BCUT2D eigenvalue weighted by Gasteiger charge is -2.39. The summed E-state index contributed by atoms with van der Waals surface area (Å²) < 4.78 is 5.23. The van der Waals surface area contributed by atoms with E-state index in [9.17, 15) is 0 Å². The SMILES string of the molecule is COc1ccc(C2CC(NC(C3CC3)C3CC3)C2)cc1. The van der Waals surface area contributed by atoms with Crippen LogP contribution < -0.4 is 10.1 Å². The zero-order valence-electron chi connectivity index (χ0n) is 12.3. The molecule has 4 rings (SSSR count). The fourth-order valence-electron chi connectivity index (χ4n) is 3.74. The van der Waals surface area contributed by atoms with Crippen LogP contribution in [0.25, 0.3) is 0 Å². The highest BCUT2D eigenvalue weighted by molar-refractivity contribution is 5.31. The molecular formula is C18H25NO. The number of methoxy groups -OCH3 is 1. The Balaban J connectivity index is 1.30. The van der Waals surface area contributed by atoms with Crippen molar-refractivity contribution in [3.8, 4) is 5.75 Å². The van der Waals surface area contributed by atoms with Crippen molar-refractivity contribution in [2.75, 3.05) is 7.11 Å². The van der Waals surface area contributed by atoms with Crippen molar-refractivity contribution < 1.29 is 4.74 Å². The molecule has 0 heterocycles. The predicted octanol–water partition coefficient (Wildman–Crippen LogP) is 3.72. The standard InChI is InChI=1S/C18H25NO/c1-20-17-8-6-12(7-9-17)15-10-16(11-15)19-18(13-2-3-13)14-4-5-14/h6-9,13-16,18-19H,2-5,10-11H2,1H3. The highest BCUT2D eigenvalue weighted by atomic mass is 16.5. The Morgan fingerprint density at radius 1 is 1.00 bits per heavy atom. The molecule has 0 aliphatic heterocycles. The van der Waals surface area contributed by atoms with Crippen molar-refractivity contribution in [2.45, 2.75) is 56.5 Å². The van der Waals surface area contributed by atoms with Crippen molar-refractivity contribution in [3.05, 3.63) is 29.8 Å². The van der Waals surface area contributed by atoms with Crippen LogP contribution in [-0.2, 0) is 0 Å². The maximum Gasteiger partial charge on any atom is 0.118 e. The maximum atomic E-state index is 5.23. The predicted molar refractivity (Wildman–Crippen MR) is 81.1 cm³/mol. The van der Waals surface area contributed by atoms with Crippen molar-refractivity contribution in [2.24, 2.45) is 11.8 Å². The van der Waals surface area contributed by atoms with E-state index >= 15 is 0 Å². The van der Waals surface area contributed by atoms with Gasteiger partial charge in [-0.15, -0.1) is 0 Å². The lowest BCUT2D eigenvalue weighted by molar-refractivity contribution is 0.242. The van der Waals surface area contributed by atoms with Gasteiger partial charge in [0.25, 0.3) is 0 Å². The van der Waals surface area contributed by atoms with Crippen molar-refractivity contribution >= 4 is 0 Å². The third-order valence-electron chi connectivity index (χ3n) is 5.41. The van der Waals surface area contributed by atoms with Gasteiger partial charge in [-0.3, -0.25) is 0 Å². The van der Waals surface area contributed by atoms with E-state index in [1.54, 1.807) is 7.11 Å². The van der Waals surface area contributed by atoms with Crippen LogP contribution in [0.2, 0.25) is 0 Å². The molecule has 3 fully saturated rings. The first-order valence-corrected chi connectivity index (χ1v) is 8.23. The highest BCUT2D eigenvalue weighted by Crippen LogP contribution is 2.46. The van der Waals surface area contributed by atoms with Gasteiger partial charge in [-0.05, 0) is 74.0 Å². The fourth-order valence-corrected chi connectivity index (χ4v) is 3.74. The average Bonchev–Trinajstić information content (AvgIpc) is 3.30. The topological polar surface area (TPSA) is 21.3 Å². The summed E-state index contributed by atoms with van der Waals surface area (Å²) in [5.41, 5.74) is 1.48. The van der Waals surface area contributed by atoms with Crippen LogP contribution in [0.3, 0.4) is 0 Å². The first-order valence-electron chi connectivity index (χ1n) is 8.23. The van der Waals surface area contributed by atoms with Gasteiger partial charge < -0.3 is 10.1 Å². The van der Waals surface area contributed by atoms with Crippen LogP contribution in [0.1, 0.15) is 50.0 Å². The Labute approximate surface area is 121 Å². The second-order valence-corrected chi connectivity index (χ2v) is 7.01. The van der Waals surface area contributed by atoms with E-state index in [4.69, 9.17) is 4.74 Å². The second kappa shape index (κ2) is 5.07. The summed E-state index contributed by atoms with van der Waals surface area (Å²) in [5.74, 6) is 3.76. The number of rotatable bonds is 6. The molecule has 0 spiro atoms. The van der Waals surface area contributed by atoms with E-state index in [0.29, 0.717) is 0 Å². The van der Waals surface area contributed by atoms with Crippen LogP contribution in [0.5, 0.6) is 5.75 Å². The second-order valence-electron chi connectivity index (χ2n) is 7.01.